The van der Waals surface area contributed by atoms with E-state index in [0.29, 0.717) is 35.9 Å². The van der Waals surface area contributed by atoms with Crippen LogP contribution in [0, 0.1) is 0 Å². The molecule has 4 rings (SSSR count). The van der Waals surface area contributed by atoms with Crippen LogP contribution in [0.3, 0.4) is 0 Å². The zero-order valence-electron chi connectivity index (χ0n) is 13.7. The number of carbonyl (C=O) groups is 2. The summed E-state index contributed by atoms with van der Waals surface area (Å²) >= 11 is 6.11. The van der Waals surface area contributed by atoms with E-state index in [-0.39, 0.29) is 12.1 Å². The van der Waals surface area contributed by atoms with Crippen LogP contribution in [0.4, 0.5) is 4.79 Å². The molecule has 0 atom stereocenters. The van der Waals surface area contributed by atoms with Crippen molar-refractivity contribution in [2.24, 2.45) is 5.73 Å². The van der Waals surface area contributed by atoms with Gasteiger partial charge in [0.15, 0.2) is 0 Å². The molecule has 6 nitrogen and oxygen atoms in total. The Morgan fingerprint density at radius 1 is 1.16 bits per heavy atom. The normalized spacial score (nSPS) is 16.4. The quantitative estimate of drug-likeness (QED) is 0.860. The number of fused-ring (bicyclic) bond motifs is 2. The van der Waals surface area contributed by atoms with Crippen molar-refractivity contribution in [2.75, 3.05) is 6.54 Å². The number of benzene rings is 1. The molecule has 7 heteroatoms. The molecular formula is C18H19ClN4O2. The Bertz CT molecular complexity index is 836. The SMILES string of the molecule is NC(=O)c1c(Cl)cn2c1CN(C(=O)NC1Cc3ccccc3C1)CC2. The first-order valence-electron chi connectivity index (χ1n) is 8.32. The number of primary amides is 1. The lowest BCUT2D eigenvalue weighted by molar-refractivity contribution is 0.0996. The zero-order chi connectivity index (χ0) is 17.6. The fraction of sp³-hybridized carbons (Fsp3) is 0.333. The summed E-state index contributed by atoms with van der Waals surface area (Å²) in [4.78, 5) is 26.0. The van der Waals surface area contributed by atoms with Crippen LogP contribution in [0.1, 0.15) is 27.2 Å². The van der Waals surface area contributed by atoms with Crippen LogP contribution in [0.25, 0.3) is 0 Å². The van der Waals surface area contributed by atoms with Gasteiger partial charge in [-0.3, -0.25) is 4.79 Å². The van der Waals surface area contributed by atoms with E-state index in [4.69, 9.17) is 17.3 Å². The Hall–Kier alpha value is -2.47. The van der Waals surface area contributed by atoms with Crippen LogP contribution in [0.2, 0.25) is 5.02 Å². The zero-order valence-corrected chi connectivity index (χ0v) is 14.4. The minimum Gasteiger partial charge on any atom is -0.365 e. The third kappa shape index (κ3) is 2.87. The summed E-state index contributed by atoms with van der Waals surface area (Å²) in [6.07, 6.45) is 3.41. The highest BCUT2D eigenvalue weighted by Crippen LogP contribution is 2.27. The average Bonchev–Trinajstić information content (AvgIpc) is 3.12. The highest BCUT2D eigenvalue weighted by molar-refractivity contribution is 6.34. The smallest absolute Gasteiger partial charge is 0.318 e. The summed E-state index contributed by atoms with van der Waals surface area (Å²) in [6.45, 7) is 1.50. The van der Waals surface area contributed by atoms with Gasteiger partial charge in [-0.2, -0.15) is 0 Å². The van der Waals surface area contributed by atoms with Crippen LogP contribution in [-0.4, -0.2) is 34.0 Å². The van der Waals surface area contributed by atoms with E-state index >= 15 is 0 Å². The van der Waals surface area contributed by atoms with Crippen molar-refractivity contribution in [3.8, 4) is 0 Å². The van der Waals surface area contributed by atoms with Gasteiger partial charge in [-0.15, -0.1) is 0 Å². The largest absolute Gasteiger partial charge is 0.365 e. The molecule has 2 aliphatic rings. The molecule has 2 aromatic rings. The number of rotatable bonds is 2. The van der Waals surface area contributed by atoms with Crippen LogP contribution in [0.5, 0.6) is 0 Å². The van der Waals surface area contributed by atoms with Gasteiger partial charge >= 0.3 is 6.03 Å². The summed E-state index contributed by atoms with van der Waals surface area (Å²) in [5.74, 6) is -0.563. The van der Waals surface area contributed by atoms with Crippen molar-refractivity contribution in [2.45, 2.75) is 32.0 Å². The first-order chi connectivity index (χ1) is 12.0. The Balaban J connectivity index is 1.45. The lowest BCUT2D eigenvalue weighted by Gasteiger charge is -2.30. The van der Waals surface area contributed by atoms with E-state index < -0.39 is 5.91 Å². The van der Waals surface area contributed by atoms with E-state index in [9.17, 15) is 9.59 Å². The second-order valence-corrected chi connectivity index (χ2v) is 7.01. The van der Waals surface area contributed by atoms with Crippen molar-refractivity contribution in [3.05, 3.63) is 57.9 Å². The summed E-state index contributed by atoms with van der Waals surface area (Å²) in [5.41, 5.74) is 9.03. The maximum Gasteiger partial charge on any atom is 0.318 e. The van der Waals surface area contributed by atoms with Gasteiger partial charge in [0.2, 0.25) is 0 Å². The van der Waals surface area contributed by atoms with Gasteiger partial charge < -0.3 is 20.5 Å². The molecule has 0 spiro atoms. The molecule has 0 fully saturated rings. The number of halogens is 1. The molecule has 0 unspecified atom stereocenters. The Kier molecular flexibility index (Phi) is 3.92. The first-order valence-corrected chi connectivity index (χ1v) is 8.70. The Labute approximate surface area is 150 Å². The van der Waals surface area contributed by atoms with E-state index in [1.807, 2.05) is 16.7 Å². The molecule has 1 aliphatic heterocycles. The topological polar surface area (TPSA) is 80.4 Å². The standard InChI is InChI=1S/C18H19ClN4O2/c19-14-9-22-5-6-23(10-15(22)16(14)17(20)24)18(25)21-13-7-11-3-1-2-4-12(11)8-13/h1-4,9,13H,5-8,10H2,(H2,20,24)(H,21,25). The van der Waals surface area contributed by atoms with Crippen molar-refractivity contribution >= 4 is 23.5 Å². The maximum atomic E-state index is 12.7. The second kappa shape index (κ2) is 6.11. The van der Waals surface area contributed by atoms with Crippen LogP contribution in [0.15, 0.2) is 30.5 Å². The number of nitrogens with two attached hydrogens (primary N) is 1. The van der Waals surface area contributed by atoms with Crippen LogP contribution >= 0.6 is 11.6 Å². The molecule has 2 heterocycles. The van der Waals surface area contributed by atoms with Gasteiger partial charge in [-0.25, -0.2) is 4.79 Å². The van der Waals surface area contributed by atoms with Gasteiger partial charge in [-0.05, 0) is 24.0 Å². The number of aromatic nitrogens is 1. The van der Waals surface area contributed by atoms with Crippen molar-refractivity contribution in [1.82, 2.24) is 14.8 Å². The van der Waals surface area contributed by atoms with E-state index in [1.54, 1.807) is 11.1 Å². The molecule has 3 N–H and O–H groups in total. The summed E-state index contributed by atoms with van der Waals surface area (Å²) in [5, 5.41) is 3.45. The highest BCUT2D eigenvalue weighted by Gasteiger charge is 2.29. The summed E-state index contributed by atoms with van der Waals surface area (Å²) in [6, 6.07) is 8.26. The molecular weight excluding hydrogens is 340 g/mol. The van der Waals surface area contributed by atoms with Gasteiger partial charge in [0, 0.05) is 25.3 Å². The molecule has 0 saturated heterocycles. The van der Waals surface area contributed by atoms with Gasteiger partial charge in [-0.1, -0.05) is 35.9 Å². The molecule has 3 amide bonds. The minimum atomic E-state index is -0.563. The molecule has 130 valence electrons. The van der Waals surface area contributed by atoms with Crippen molar-refractivity contribution in [1.29, 1.82) is 0 Å². The molecule has 25 heavy (non-hydrogen) atoms. The highest BCUT2D eigenvalue weighted by atomic mass is 35.5. The lowest BCUT2D eigenvalue weighted by Crippen LogP contribution is -2.48. The fourth-order valence-corrected chi connectivity index (χ4v) is 4.10. The first kappa shape index (κ1) is 16.0. The number of urea groups is 1. The van der Waals surface area contributed by atoms with Crippen LogP contribution < -0.4 is 11.1 Å². The maximum absolute atomic E-state index is 12.7. The predicted octanol–water partition coefficient (Wildman–Crippen LogP) is 1.93. The molecule has 1 aromatic carbocycles. The number of amides is 3. The number of hydrogen-bond donors (Lipinski definition) is 2. The summed E-state index contributed by atoms with van der Waals surface area (Å²) < 4.78 is 1.90. The molecule has 1 aliphatic carbocycles. The molecule has 1 aromatic heterocycles. The van der Waals surface area contributed by atoms with E-state index in [1.165, 1.54) is 11.1 Å². The number of nitrogens with one attached hydrogen (secondary N) is 1. The van der Waals surface area contributed by atoms with E-state index in [0.717, 1.165) is 12.8 Å². The Morgan fingerprint density at radius 2 is 1.84 bits per heavy atom. The average molecular weight is 359 g/mol. The monoisotopic (exact) mass is 358 g/mol. The third-order valence-electron chi connectivity index (χ3n) is 5.01. The summed E-state index contributed by atoms with van der Waals surface area (Å²) in [7, 11) is 0. The number of carbonyl (C=O) groups excluding carboxylic acids is 2. The van der Waals surface area contributed by atoms with E-state index in [2.05, 4.69) is 17.4 Å². The number of nitrogens with zero attached hydrogens (tertiary/aromatic N) is 2. The fourth-order valence-electron chi connectivity index (χ4n) is 3.78. The third-order valence-corrected chi connectivity index (χ3v) is 5.29. The minimum absolute atomic E-state index is 0.109. The molecule has 0 bridgehead atoms. The van der Waals surface area contributed by atoms with Gasteiger partial charge in [0.25, 0.3) is 5.91 Å². The van der Waals surface area contributed by atoms with Crippen molar-refractivity contribution in [3.63, 3.8) is 0 Å². The second-order valence-electron chi connectivity index (χ2n) is 6.60. The lowest BCUT2D eigenvalue weighted by atomic mass is 10.1. The van der Waals surface area contributed by atoms with Gasteiger partial charge in [0.05, 0.1) is 22.8 Å². The molecule has 0 radical (unpaired) electrons. The Morgan fingerprint density at radius 3 is 2.48 bits per heavy atom. The number of hydrogen-bond acceptors (Lipinski definition) is 2. The predicted molar refractivity (Wildman–Crippen MR) is 94.5 cm³/mol. The van der Waals surface area contributed by atoms with Crippen molar-refractivity contribution < 1.29 is 9.59 Å². The van der Waals surface area contributed by atoms with Crippen LogP contribution in [-0.2, 0) is 25.9 Å². The van der Waals surface area contributed by atoms with Gasteiger partial charge in [0.1, 0.15) is 0 Å². The molecule has 0 saturated carbocycles.